The van der Waals surface area contributed by atoms with Crippen molar-refractivity contribution in [1.29, 1.82) is 0 Å². The zero-order valence-corrected chi connectivity index (χ0v) is 14.7. The predicted octanol–water partition coefficient (Wildman–Crippen LogP) is 2.22. The molecule has 0 radical (unpaired) electrons. The fourth-order valence-corrected chi connectivity index (χ4v) is 4.47. The number of piperidine rings is 1. The fourth-order valence-electron chi connectivity index (χ4n) is 2.97. The van der Waals surface area contributed by atoms with Gasteiger partial charge in [0.1, 0.15) is 0 Å². The topological polar surface area (TPSA) is 71.1 Å². The summed E-state index contributed by atoms with van der Waals surface area (Å²) in [5, 5.41) is 4.27. The first-order valence-electron chi connectivity index (χ1n) is 7.61. The molecule has 5 nitrogen and oxygen atoms in total. The lowest BCUT2D eigenvalue weighted by Gasteiger charge is -2.30. The Kier molecular flexibility index (Phi) is 5.97. The Morgan fingerprint density at radius 1 is 1.30 bits per heavy atom. The summed E-state index contributed by atoms with van der Waals surface area (Å²) in [5.41, 5.74) is 1.49. The quantitative estimate of drug-likeness (QED) is 0.882. The molecule has 2 heterocycles. The van der Waals surface area contributed by atoms with Gasteiger partial charge in [-0.2, -0.15) is 0 Å². The van der Waals surface area contributed by atoms with Gasteiger partial charge in [-0.05, 0) is 37.9 Å². The van der Waals surface area contributed by atoms with E-state index in [0.717, 1.165) is 35.9 Å². The Bertz CT molecular complexity index is 762. The number of halogens is 1. The first-order valence-corrected chi connectivity index (χ1v) is 9.26. The molecular weight excluding hydrogens is 334 g/mol. The number of fused-ring (bicyclic) bond motifs is 1. The minimum atomic E-state index is -3.39. The van der Waals surface area contributed by atoms with Gasteiger partial charge in [0.25, 0.3) is 0 Å². The van der Waals surface area contributed by atoms with E-state index in [0.29, 0.717) is 0 Å². The lowest BCUT2D eigenvalue weighted by atomic mass is 10.0. The molecule has 0 saturated carbocycles. The molecule has 1 aliphatic heterocycles. The van der Waals surface area contributed by atoms with Crippen molar-refractivity contribution in [3.05, 3.63) is 42.1 Å². The molecule has 0 amide bonds. The number of pyridine rings is 1. The third kappa shape index (κ3) is 4.41. The number of para-hydroxylation sites is 1. The number of hydrogen-bond donors (Lipinski definition) is 2. The van der Waals surface area contributed by atoms with Crippen LogP contribution in [0.4, 0.5) is 0 Å². The Morgan fingerprint density at radius 3 is 2.87 bits per heavy atom. The van der Waals surface area contributed by atoms with Crippen molar-refractivity contribution < 1.29 is 8.42 Å². The molecule has 3 rings (SSSR count). The maximum atomic E-state index is 12.5. The fraction of sp³-hybridized carbons (Fsp3) is 0.438. The van der Waals surface area contributed by atoms with Crippen molar-refractivity contribution in [2.24, 2.45) is 0 Å². The van der Waals surface area contributed by atoms with Crippen LogP contribution in [0.25, 0.3) is 10.9 Å². The van der Waals surface area contributed by atoms with E-state index in [2.05, 4.69) is 15.0 Å². The van der Waals surface area contributed by atoms with Crippen LogP contribution in [0.15, 0.2) is 36.5 Å². The molecule has 1 fully saturated rings. The molecule has 23 heavy (non-hydrogen) atoms. The van der Waals surface area contributed by atoms with Gasteiger partial charge in [-0.1, -0.05) is 24.3 Å². The SMILES string of the molecule is CC1NCCCC1NS(=O)(=O)Cc1cccc2cccnc12.Cl. The van der Waals surface area contributed by atoms with Crippen LogP contribution in [0.5, 0.6) is 0 Å². The summed E-state index contributed by atoms with van der Waals surface area (Å²) in [6.07, 6.45) is 3.56. The van der Waals surface area contributed by atoms with Gasteiger partial charge >= 0.3 is 0 Å². The molecule has 2 N–H and O–H groups in total. The summed E-state index contributed by atoms with van der Waals surface area (Å²) in [7, 11) is -3.39. The van der Waals surface area contributed by atoms with E-state index in [4.69, 9.17) is 0 Å². The molecule has 126 valence electrons. The highest BCUT2D eigenvalue weighted by molar-refractivity contribution is 7.88. The summed E-state index contributed by atoms with van der Waals surface area (Å²) in [4.78, 5) is 4.32. The van der Waals surface area contributed by atoms with Crippen molar-refractivity contribution in [1.82, 2.24) is 15.0 Å². The van der Waals surface area contributed by atoms with Crippen molar-refractivity contribution >= 4 is 33.3 Å². The zero-order chi connectivity index (χ0) is 15.6. The molecule has 1 saturated heterocycles. The average Bonchev–Trinajstić information content (AvgIpc) is 2.49. The minimum Gasteiger partial charge on any atom is -0.313 e. The highest BCUT2D eigenvalue weighted by Gasteiger charge is 2.26. The second-order valence-electron chi connectivity index (χ2n) is 5.86. The summed E-state index contributed by atoms with van der Waals surface area (Å²) < 4.78 is 27.8. The van der Waals surface area contributed by atoms with Gasteiger partial charge in [0, 0.05) is 23.7 Å². The van der Waals surface area contributed by atoms with Crippen molar-refractivity contribution in [2.75, 3.05) is 6.54 Å². The Hall–Kier alpha value is -1.21. The second-order valence-corrected chi connectivity index (χ2v) is 7.61. The largest absolute Gasteiger partial charge is 0.313 e. The summed E-state index contributed by atoms with van der Waals surface area (Å²) in [6, 6.07) is 9.57. The summed E-state index contributed by atoms with van der Waals surface area (Å²) >= 11 is 0. The Morgan fingerprint density at radius 2 is 2.09 bits per heavy atom. The maximum absolute atomic E-state index is 12.5. The second kappa shape index (κ2) is 7.57. The van der Waals surface area contributed by atoms with Crippen molar-refractivity contribution in [2.45, 2.75) is 37.6 Å². The Balaban J connectivity index is 0.00000192. The average molecular weight is 356 g/mol. The molecule has 0 bridgehead atoms. The highest BCUT2D eigenvalue weighted by atomic mass is 35.5. The Labute approximate surface area is 143 Å². The number of rotatable bonds is 4. The molecular formula is C16H22ClN3O2S. The van der Waals surface area contributed by atoms with E-state index in [1.54, 1.807) is 6.20 Å². The molecule has 2 unspecified atom stereocenters. The number of aromatic nitrogens is 1. The third-order valence-corrected chi connectivity index (χ3v) is 5.51. The molecule has 1 aromatic carbocycles. The van der Waals surface area contributed by atoms with Gasteiger partial charge in [-0.15, -0.1) is 12.4 Å². The maximum Gasteiger partial charge on any atom is 0.216 e. The first kappa shape index (κ1) is 18.1. The molecule has 2 atom stereocenters. The normalized spacial score (nSPS) is 21.8. The third-order valence-electron chi connectivity index (χ3n) is 4.15. The van der Waals surface area contributed by atoms with E-state index >= 15 is 0 Å². The monoisotopic (exact) mass is 355 g/mol. The molecule has 1 aromatic heterocycles. The van der Waals surface area contributed by atoms with Gasteiger partial charge in [0.05, 0.1) is 11.3 Å². The lowest BCUT2D eigenvalue weighted by molar-refractivity contribution is 0.348. The van der Waals surface area contributed by atoms with E-state index in [9.17, 15) is 8.42 Å². The van der Waals surface area contributed by atoms with Gasteiger partial charge in [0.2, 0.25) is 10.0 Å². The molecule has 0 spiro atoms. The number of benzene rings is 1. The van der Waals surface area contributed by atoms with Gasteiger partial charge in [-0.25, -0.2) is 13.1 Å². The summed E-state index contributed by atoms with van der Waals surface area (Å²) in [6.45, 7) is 2.97. The molecule has 7 heteroatoms. The number of nitrogens with zero attached hydrogens (tertiary/aromatic N) is 1. The van der Waals surface area contributed by atoms with Crippen LogP contribution in [0.3, 0.4) is 0 Å². The van der Waals surface area contributed by atoms with Gasteiger partial charge < -0.3 is 5.32 Å². The van der Waals surface area contributed by atoms with Crippen molar-refractivity contribution in [3.8, 4) is 0 Å². The first-order chi connectivity index (χ1) is 10.6. The highest BCUT2D eigenvalue weighted by Crippen LogP contribution is 2.19. The smallest absolute Gasteiger partial charge is 0.216 e. The van der Waals surface area contributed by atoms with Crippen LogP contribution in [-0.2, 0) is 15.8 Å². The number of sulfonamides is 1. The molecule has 2 aromatic rings. The van der Waals surface area contributed by atoms with E-state index < -0.39 is 10.0 Å². The van der Waals surface area contributed by atoms with Crippen molar-refractivity contribution in [3.63, 3.8) is 0 Å². The standard InChI is InChI=1S/C16H21N3O2S.ClH/c1-12-15(8-4-9-17-12)19-22(20,21)11-14-6-2-5-13-7-3-10-18-16(13)14;/h2-3,5-7,10,12,15,17,19H,4,8-9,11H2,1H3;1H. The van der Waals surface area contributed by atoms with E-state index in [1.165, 1.54) is 0 Å². The lowest BCUT2D eigenvalue weighted by Crippen LogP contribution is -2.52. The zero-order valence-electron chi connectivity index (χ0n) is 13.0. The van der Waals surface area contributed by atoms with Crippen LogP contribution in [0, 0.1) is 0 Å². The van der Waals surface area contributed by atoms with Gasteiger partial charge in [0.15, 0.2) is 0 Å². The number of hydrogen-bond acceptors (Lipinski definition) is 4. The molecule has 1 aliphatic rings. The van der Waals surface area contributed by atoms with Crippen LogP contribution < -0.4 is 10.0 Å². The van der Waals surface area contributed by atoms with E-state index in [-0.39, 0.29) is 30.2 Å². The van der Waals surface area contributed by atoms with Gasteiger partial charge in [-0.3, -0.25) is 4.98 Å². The van der Waals surface area contributed by atoms with E-state index in [1.807, 2.05) is 37.3 Å². The van der Waals surface area contributed by atoms with Crippen LogP contribution in [0.2, 0.25) is 0 Å². The molecule has 0 aliphatic carbocycles. The van der Waals surface area contributed by atoms with Crippen LogP contribution >= 0.6 is 12.4 Å². The summed E-state index contributed by atoms with van der Waals surface area (Å²) in [5.74, 6) is -0.0371. The van der Waals surface area contributed by atoms with Crippen LogP contribution in [-0.4, -0.2) is 32.0 Å². The van der Waals surface area contributed by atoms with Crippen LogP contribution in [0.1, 0.15) is 25.3 Å². The minimum absolute atomic E-state index is 0. The predicted molar refractivity (Wildman–Crippen MR) is 95.2 cm³/mol. The number of nitrogens with one attached hydrogen (secondary N) is 2.